The number of nitrogens with two attached hydrogens (primary N) is 1. The van der Waals surface area contributed by atoms with E-state index in [0.29, 0.717) is 18.7 Å². The van der Waals surface area contributed by atoms with E-state index in [1.54, 1.807) is 23.1 Å². The van der Waals surface area contributed by atoms with Gasteiger partial charge >= 0.3 is 0 Å². The first-order valence-electron chi connectivity index (χ1n) is 9.67. The fourth-order valence-electron chi connectivity index (χ4n) is 3.62. The van der Waals surface area contributed by atoms with Gasteiger partial charge in [-0.15, -0.1) is 0 Å². The maximum absolute atomic E-state index is 14.2. The molecule has 1 fully saturated rings. The van der Waals surface area contributed by atoms with Crippen LogP contribution in [0.2, 0.25) is 5.02 Å². The first-order chi connectivity index (χ1) is 14.9. The molecule has 1 aliphatic rings. The molecule has 0 saturated carbocycles. The summed E-state index contributed by atoms with van der Waals surface area (Å²) in [4.78, 5) is 17.7. The van der Waals surface area contributed by atoms with Crippen molar-refractivity contribution in [2.75, 3.05) is 17.2 Å². The highest BCUT2D eigenvalue weighted by Gasteiger charge is 2.32. The summed E-state index contributed by atoms with van der Waals surface area (Å²) in [5.41, 5.74) is 9.25. The van der Waals surface area contributed by atoms with Crippen LogP contribution in [-0.4, -0.2) is 12.5 Å². The summed E-state index contributed by atoms with van der Waals surface area (Å²) in [7, 11) is 0. The van der Waals surface area contributed by atoms with E-state index in [9.17, 15) is 9.18 Å². The zero-order valence-corrected chi connectivity index (χ0v) is 17.5. The van der Waals surface area contributed by atoms with Crippen molar-refractivity contribution < 1.29 is 13.9 Å². The van der Waals surface area contributed by atoms with Crippen molar-refractivity contribution in [3.8, 4) is 11.5 Å². The van der Waals surface area contributed by atoms with Gasteiger partial charge in [0.1, 0.15) is 5.75 Å². The van der Waals surface area contributed by atoms with Crippen LogP contribution in [0, 0.1) is 19.3 Å². The SMILES string of the molecule is [C-]#[N+]c1cccc(F)c1Oc1cc([C@H]2CC(=O)N(c3ccc(C)c(N)c3)C2)ccc1Cl. The topological polar surface area (TPSA) is 59.9 Å². The van der Waals surface area contributed by atoms with E-state index in [1.807, 2.05) is 25.1 Å². The minimum atomic E-state index is -0.644. The van der Waals surface area contributed by atoms with Crippen molar-refractivity contribution in [2.24, 2.45) is 0 Å². The number of amides is 1. The van der Waals surface area contributed by atoms with Gasteiger partial charge in [0, 0.05) is 30.3 Å². The Morgan fingerprint density at radius 2 is 2.03 bits per heavy atom. The molecule has 0 radical (unpaired) electrons. The van der Waals surface area contributed by atoms with Gasteiger partial charge in [0.15, 0.2) is 11.6 Å². The minimum absolute atomic E-state index is 0.00457. The highest BCUT2D eigenvalue weighted by atomic mass is 35.5. The summed E-state index contributed by atoms with van der Waals surface area (Å²) in [5, 5.41) is 0.287. The van der Waals surface area contributed by atoms with Gasteiger partial charge in [0.2, 0.25) is 11.6 Å². The fraction of sp³-hybridized carbons (Fsp3) is 0.167. The van der Waals surface area contributed by atoms with Gasteiger partial charge in [-0.3, -0.25) is 4.79 Å². The van der Waals surface area contributed by atoms with Gasteiger partial charge in [0.05, 0.1) is 11.6 Å². The third-order valence-electron chi connectivity index (χ3n) is 5.40. The second-order valence-electron chi connectivity index (χ2n) is 7.44. The maximum Gasteiger partial charge on any atom is 0.231 e. The number of hydrogen-bond donors (Lipinski definition) is 1. The molecule has 0 bridgehead atoms. The molecule has 3 aromatic carbocycles. The molecule has 1 amide bonds. The molecule has 5 nitrogen and oxygen atoms in total. The van der Waals surface area contributed by atoms with Crippen molar-refractivity contribution in [3.05, 3.63) is 88.0 Å². The van der Waals surface area contributed by atoms with Gasteiger partial charge in [-0.2, -0.15) is 0 Å². The lowest BCUT2D eigenvalue weighted by molar-refractivity contribution is -0.117. The maximum atomic E-state index is 14.2. The lowest BCUT2D eigenvalue weighted by Crippen LogP contribution is -2.24. The predicted molar refractivity (Wildman–Crippen MR) is 119 cm³/mol. The Labute approximate surface area is 184 Å². The van der Waals surface area contributed by atoms with Crippen molar-refractivity contribution in [1.82, 2.24) is 0 Å². The van der Waals surface area contributed by atoms with Crippen LogP contribution >= 0.6 is 11.6 Å². The summed E-state index contributed by atoms with van der Waals surface area (Å²) in [5.74, 6) is -0.671. The third-order valence-corrected chi connectivity index (χ3v) is 5.72. The predicted octanol–water partition coefficient (Wildman–Crippen LogP) is 6.23. The smallest absolute Gasteiger partial charge is 0.231 e. The Kier molecular flexibility index (Phi) is 5.53. The van der Waals surface area contributed by atoms with Gasteiger partial charge in [0.25, 0.3) is 0 Å². The number of hydrogen-bond acceptors (Lipinski definition) is 3. The Balaban J connectivity index is 1.61. The van der Waals surface area contributed by atoms with Gasteiger partial charge in [-0.25, -0.2) is 9.24 Å². The van der Waals surface area contributed by atoms with E-state index in [4.69, 9.17) is 28.6 Å². The lowest BCUT2D eigenvalue weighted by Gasteiger charge is -2.18. The average molecular weight is 436 g/mol. The summed E-state index contributed by atoms with van der Waals surface area (Å²) in [6, 6.07) is 14.9. The minimum Gasteiger partial charge on any atom is -0.464 e. The van der Waals surface area contributed by atoms with Gasteiger partial charge < -0.3 is 15.4 Å². The molecule has 1 aliphatic heterocycles. The highest BCUT2D eigenvalue weighted by molar-refractivity contribution is 6.32. The molecule has 4 rings (SSSR count). The first-order valence-corrected chi connectivity index (χ1v) is 10.0. The molecule has 1 heterocycles. The lowest BCUT2D eigenvalue weighted by atomic mass is 9.98. The molecular weight excluding hydrogens is 417 g/mol. The number of carbonyl (C=O) groups excluding carboxylic acids is 1. The Hall–Kier alpha value is -3.56. The largest absolute Gasteiger partial charge is 0.464 e. The second kappa shape index (κ2) is 8.29. The molecule has 1 atom stereocenters. The number of carbonyl (C=O) groups is 1. The normalized spacial score (nSPS) is 15.7. The van der Waals surface area contributed by atoms with Crippen LogP contribution in [0.5, 0.6) is 11.5 Å². The summed E-state index contributed by atoms with van der Waals surface area (Å²) >= 11 is 6.27. The fourth-order valence-corrected chi connectivity index (χ4v) is 3.78. The van der Waals surface area contributed by atoms with E-state index in [1.165, 1.54) is 18.2 Å². The zero-order chi connectivity index (χ0) is 22.1. The molecular formula is C24H19ClFN3O2. The molecule has 31 heavy (non-hydrogen) atoms. The van der Waals surface area contributed by atoms with Gasteiger partial charge in [-0.05, 0) is 48.4 Å². The number of rotatable bonds is 4. The molecule has 2 N–H and O–H groups in total. The van der Waals surface area contributed by atoms with Crippen molar-refractivity contribution >= 4 is 34.6 Å². The molecule has 0 aliphatic carbocycles. The van der Waals surface area contributed by atoms with Crippen LogP contribution in [0.4, 0.5) is 21.5 Å². The number of halogens is 2. The average Bonchev–Trinajstić information content (AvgIpc) is 3.14. The number of anilines is 2. The number of nitrogen functional groups attached to an aromatic ring is 1. The number of ether oxygens (including phenoxy) is 1. The number of nitrogens with zero attached hydrogens (tertiary/aromatic N) is 2. The van der Waals surface area contributed by atoms with Gasteiger partial charge in [-0.1, -0.05) is 35.9 Å². The van der Waals surface area contributed by atoms with E-state index >= 15 is 0 Å². The number of para-hydroxylation sites is 1. The molecule has 3 aromatic rings. The number of benzene rings is 3. The van der Waals surface area contributed by atoms with Crippen LogP contribution in [0.25, 0.3) is 4.85 Å². The van der Waals surface area contributed by atoms with Crippen LogP contribution in [-0.2, 0) is 4.79 Å². The third kappa shape index (κ3) is 4.05. The first kappa shape index (κ1) is 20.7. The molecule has 0 aromatic heterocycles. The van der Waals surface area contributed by atoms with Crippen molar-refractivity contribution in [3.63, 3.8) is 0 Å². The second-order valence-corrected chi connectivity index (χ2v) is 7.85. The van der Waals surface area contributed by atoms with Crippen LogP contribution in [0.1, 0.15) is 23.5 Å². The quantitative estimate of drug-likeness (QED) is 0.390. The highest BCUT2D eigenvalue weighted by Crippen LogP contribution is 2.40. The van der Waals surface area contributed by atoms with E-state index in [-0.39, 0.29) is 34.0 Å². The van der Waals surface area contributed by atoms with Crippen LogP contribution in [0.3, 0.4) is 0 Å². The molecule has 0 unspecified atom stereocenters. The Bertz CT molecular complexity index is 1220. The molecule has 0 spiro atoms. The summed E-state index contributed by atoms with van der Waals surface area (Å²) in [6.45, 7) is 9.62. The molecule has 7 heteroatoms. The van der Waals surface area contributed by atoms with E-state index < -0.39 is 5.82 Å². The molecule has 1 saturated heterocycles. The van der Waals surface area contributed by atoms with Crippen LogP contribution in [0.15, 0.2) is 54.6 Å². The Morgan fingerprint density at radius 1 is 1.23 bits per heavy atom. The Morgan fingerprint density at radius 3 is 2.77 bits per heavy atom. The van der Waals surface area contributed by atoms with E-state index in [0.717, 1.165) is 16.8 Å². The van der Waals surface area contributed by atoms with Crippen molar-refractivity contribution in [1.29, 1.82) is 0 Å². The summed E-state index contributed by atoms with van der Waals surface area (Å²) < 4.78 is 19.9. The monoisotopic (exact) mass is 435 g/mol. The number of aryl methyl sites for hydroxylation is 1. The van der Waals surface area contributed by atoms with E-state index in [2.05, 4.69) is 4.85 Å². The molecule has 156 valence electrons. The standard InChI is InChI=1S/C24H19ClFN3O2/c1-14-6-8-17(12-20(14)27)29-13-16(11-23(29)30)15-7-9-18(25)22(10-15)31-24-19(26)4-3-5-21(24)28-2/h3-10,12,16H,11,13,27H2,1H3/t16-/m0/s1. The van der Waals surface area contributed by atoms with Crippen LogP contribution < -0.4 is 15.4 Å². The zero-order valence-electron chi connectivity index (χ0n) is 16.7. The summed E-state index contributed by atoms with van der Waals surface area (Å²) in [6.07, 6.45) is 0.321. The van der Waals surface area contributed by atoms with Crippen molar-refractivity contribution in [2.45, 2.75) is 19.3 Å².